The van der Waals surface area contributed by atoms with Gasteiger partial charge < -0.3 is 5.11 Å². The Labute approximate surface area is 97.3 Å². The van der Waals surface area contributed by atoms with Gasteiger partial charge in [0.2, 0.25) is 0 Å². The first kappa shape index (κ1) is 10.7. The van der Waals surface area contributed by atoms with Crippen LogP contribution in [-0.4, -0.2) is 5.11 Å². The van der Waals surface area contributed by atoms with Crippen molar-refractivity contribution in [3.63, 3.8) is 0 Å². The molecule has 0 saturated heterocycles. The van der Waals surface area contributed by atoms with Gasteiger partial charge in [-0.2, -0.15) is 0 Å². The Morgan fingerprint density at radius 3 is 2.64 bits per heavy atom. The first-order valence-corrected chi connectivity index (χ1v) is 6.64. The van der Waals surface area contributed by atoms with E-state index in [0.29, 0.717) is 5.92 Å². The molecule has 0 aliphatic heterocycles. The Morgan fingerprint density at radius 1 is 1.57 bits per heavy atom. The highest BCUT2D eigenvalue weighted by Gasteiger charge is 2.33. The third-order valence-corrected chi connectivity index (χ3v) is 5.24. The van der Waals surface area contributed by atoms with Gasteiger partial charge in [0.15, 0.2) is 0 Å². The largest absolute Gasteiger partial charge is 0.387 e. The minimum Gasteiger partial charge on any atom is -0.387 e. The lowest BCUT2D eigenvalue weighted by Gasteiger charge is -2.16. The molecule has 2 unspecified atom stereocenters. The fourth-order valence-corrected chi connectivity index (χ4v) is 3.43. The zero-order valence-electron chi connectivity index (χ0n) is 8.46. The molecular weight excluding hydrogens is 260 g/mol. The molecule has 1 N–H and O–H groups in total. The lowest BCUT2D eigenvalue weighted by molar-refractivity contribution is 0.109. The quantitative estimate of drug-likeness (QED) is 0.887. The summed E-state index contributed by atoms with van der Waals surface area (Å²) in [5.41, 5.74) is 0. The Balaban J connectivity index is 2.13. The third kappa shape index (κ3) is 2.05. The van der Waals surface area contributed by atoms with Gasteiger partial charge in [0.1, 0.15) is 0 Å². The van der Waals surface area contributed by atoms with Crippen molar-refractivity contribution in [3.8, 4) is 0 Å². The molecule has 1 fully saturated rings. The van der Waals surface area contributed by atoms with E-state index in [4.69, 9.17) is 0 Å². The average molecular weight is 275 g/mol. The SMILES string of the molecule is Cc1sc(C(O)C(C)C2CC2)cc1Br. The van der Waals surface area contributed by atoms with Gasteiger partial charge in [-0.25, -0.2) is 0 Å². The minimum atomic E-state index is -0.266. The number of thiophene rings is 1. The molecule has 1 heterocycles. The van der Waals surface area contributed by atoms with Gasteiger partial charge in [-0.1, -0.05) is 6.92 Å². The van der Waals surface area contributed by atoms with Crippen molar-refractivity contribution < 1.29 is 5.11 Å². The predicted octanol–water partition coefficient (Wildman–Crippen LogP) is 3.90. The highest BCUT2D eigenvalue weighted by molar-refractivity contribution is 9.10. The summed E-state index contributed by atoms with van der Waals surface area (Å²) < 4.78 is 1.12. The summed E-state index contributed by atoms with van der Waals surface area (Å²) in [7, 11) is 0. The molecule has 0 radical (unpaired) electrons. The van der Waals surface area contributed by atoms with Gasteiger partial charge in [0, 0.05) is 14.2 Å². The van der Waals surface area contributed by atoms with Crippen LogP contribution in [0.15, 0.2) is 10.5 Å². The maximum absolute atomic E-state index is 10.1. The molecule has 2 atom stereocenters. The molecule has 0 aromatic carbocycles. The van der Waals surface area contributed by atoms with E-state index in [1.165, 1.54) is 17.7 Å². The van der Waals surface area contributed by atoms with E-state index in [1.54, 1.807) is 11.3 Å². The fraction of sp³-hybridized carbons (Fsp3) is 0.636. The summed E-state index contributed by atoms with van der Waals surface area (Å²) in [5.74, 6) is 1.17. The monoisotopic (exact) mass is 274 g/mol. The van der Waals surface area contributed by atoms with Crippen LogP contribution in [0.4, 0.5) is 0 Å². The molecule has 1 aliphatic rings. The topological polar surface area (TPSA) is 20.2 Å². The zero-order valence-corrected chi connectivity index (χ0v) is 10.9. The van der Waals surface area contributed by atoms with Gasteiger partial charge in [-0.05, 0) is 53.6 Å². The summed E-state index contributed by atoms with van der Waals surface area (Å²) >= 11 is 5.18. The lowest BCUT2D eigenvalue weighted by atomic mass is 9.98. The summed E-state index contributed by atoms with van der Waals surface area (Å²) in [6.07, 6.45) is 2.32. The molecule has 1 aromatic heterocycles. The van der Waals surface area contributed by atoms with E-state index in [2.05, 4.69) is 35.8 Å². The Kier molecular flexibility index (Phi) is 3.01. The molecule has 1 aromatic rings. The van der Waals surface area contributed by atoms with Crippen molar-refractivity contribution >= 4 is 27.3 Å². The Morgan fingerprint density at radius 2 is 2.21 bits per heavy atom. The van der Waals surface area contributed by atoms with E-state index in [1.807, 2.05) is 0 Å². The number of aliphatic hydroxyl groups excluding tert-OH is 1. The molecule has 14 heavy (non-hydrogen) atoms. The normalized spacial score (nSPS) is 20.9. The van der Waals surface area contributed by atoms with E-state index < -0.39 is 0 Å². The smallest absolute Gasteiger partial charge is 0.0910 e. The molecule has 0 spiro atoms. The predicted molar refractivity (Wildman–Crippen MR) is 63.6 cm³/mol. The van der Waals surface area contributed by atoms with Crippen molar-refractivity contribution in [2.75, 3.05) is 0 Å². The number of aryl methyl sites for hydroxylation is 1. The summed E-state index contributed by atoms with van der Waals surface area (Å²) in [4.78, 5) is 2.36. The van der Waals surface area contributed by atoms with Crippen LogP contribution in [0.25, 0.3) is 0 Å². The first-order valence-electron chi connectivity index (χ1n) is 5.03. The summed E-state index contributed by atoms with van der Waals surface area (Å²) in [5, 5.41) is 10.1. The summed E-state index contributed by atoms with van der Waals surface area (Å²) in [6, 6.07) is 2.06. The number of aliphatic hydroxyl groups is 1. The second-order valence-corrected chi connectivity index (χ2v) is 6.34. The second-order valence-electron chi connectivity index (χ2n) is 4.19. The molecule has 1 saturated carbocycles. The number of hydrogen-bond donors (Lipinski definition) is 1. The molecular formula is C11H15BrOS. The van der Waals surface area contributed by atoms with Crippen molar-refractivity contribution in [2.45, 2.75) is 32.8 Å². The molecule has 0 amide bonds. The van der Waals surface area contributed by atoms with Crippen LogP contribution in [0.1, 0.15) is 35.6 Å². The van der Waals surface area contributed by atoms with E-state index in [0.717, 1.165) is 15.3 Å². The van der Waals surface area contributed by atoms with Crippen LogP contribution in [-0.2, 0) is 0 Å². The average Bonchev–Trinajstić information content (AvgIpc) is 2.93. The van der Waals surface area contributed by atoms with Gasteiger partial charge in [-0.3, -0.25) is 0 Å². The fourth-order valence-electron chi connectivity index (χ4n) is 1.77. The molecule has 1 nitrogen and oxygen atoms in total. The molecule has 1 aliphatic carbocycles. The van der Waals surface area contributed by atoms with Gasteiger partial charge in [0.25, 0.3) is 0 Å². The van der Waals surface area contributed by atoms with E-state index >= 15 is 0 Å². The third-order valence-electron chi connectivity index (χ3n) is 3.03. The van der Waals surface area contributed by atoms with Crippen LogP contribution in [0, 0.1) is 18.8 Å². The Bertz CT molecular complexity index is 311. The lowest BCUT2D eigenvalue weighted by Crippen LogP contribution is -2.09. The highest BCUT2D eigenvalue weighted by Crippen LogP contribution is 2.44. The maximum atomic E-state index is 10.1. The molecule has 78 valence electrons. The summed E-state index contributed by atoms with van der Waals surface area (Å²) in [6.45, 7) is 4.23. The van der Waals surface area contributed by atoms with Crippen molar-refractivity contribution in [1.29, 1.82) is 0 Å². The van der Waals surface area contributed by atoms with Gasteiger partial charge >= 0.3 is 0 Å². The van der Waals surface area contributed by atoms with E-state index in [-0.39, 0.29) is 6.10 Å². The van der Waals surface area contributed by atoms with E-state index in [9.17, 15) is 5.11 Å². The number of halogens is 1. The van der Waals surface area contributed by atoms with Gasteiger partial charge in [0.05, 0.1) is 6.10 Å². The number of hydrogen-bond acceptors (Lipinski definition) is 2. The second kappa shape index (κ2) is 3.95. The van der Waals surface area contributed by atoms with Crippen LogP contribution in [0.5, 0.6) is 0 Å². The van der Waals surface area contributed by atoms with Gasteiger partial charge in [-0.15, -0.1) is 11.3 Å². The number of rotatable bonds is 3. The molecule has 3 heteroatoms. The van der Waals surface area contributed by atoms with Crippen molar-refractivity contribution in [1.82, 2.24) is 0 Å². The highest BCUT2D eigenvalue weighted by atomic mass is 79.9. The maximum Gasteiger partial charge on any atom is 0.0910 e. The van der Waals surface area contributed by atoms with Crippen LogP contribution < -0.4 is 0 Å². The standard InChI is InChI=1S/C11H15BrOS/c1-6(8-3-4-8)11(13)10-5-9(12)7(2)14-10/h5-6,8,11,13H,3-4H2,1-2H3. The van der Waals surface area contributed by atoms with Crippen LogP contribution >= 0.6 is 27.3 Å². The Hall–Kier alpha value is 0.140. The minimum absolute atomic E-state index is 0.266. The van der Waals surface area contributed by atoms with Crippen LogP contribution in [0.2, 0.25) is 0 Å². The van der Waals surface area contributed by atoms with Crippen molar-refractivity contribution in [3.05, 3.63) is 20.3 Å². The first-order chi connectivity index (χ1) is 6.59. The molecule has 2 rings (SSSR count). The van der Waals surface area contributed by atoms with Crippen molar-refractivity contribution in [2.24, 2.45) is 11.8 Å². The molecule has 0 bridgehead atoms. The van der Waals surface area contributed by atoms with Crippen LogP contribution in [0.3, 0.4) is 0 Å². The zero-order chi connectivity index (χ0) is 10.3.